The van der Waals surface area contributed by atoms with Crippen molar-refractivity contribution in [3.63, 3.8) is 0 Å². The van der Waals surface area contributed by atoms with E-state index in [9.17, 15) is 14.0 Å². The van der Waals surface area contributed by atoms with Gasteiger partial charge in [0.15, 0.2) is 5.82 Å². The Morgan fingerprint density at radius 3 is 2.23 bits per heavy atom. The third kappa shape index (κ3) is 7.03. The maximum atomic E-state index is 13.4. The van der Waals surface area contributed by atoms with Gasteiger partial charge in [0.1, 0.15) is 23.9 Å². The van der Waals surface area contributed by atoms with Crippen LogP contribution in [0.3, 0.4) is 0 Å². The molecular formula is C29H35FN6O4. The fourth-order valence-corrected chi connectivity index (χ4v) is 4.44. The number of rotatable bonds is 10. The Kier molecular flexibility index (Phi) is 9.49. The third-order valence-electron chi connectivity index (χ3n) is 6.81. The van der Waals surface area contributed by atoms with Gasteiger partial charge in [-0.05, 0) is 62.6 Å². The lowest BCUT2D eigenvalue weighted by Crippen LogP contribution is -2.52. The van der Waals surface area contributed by atoms with Gasteiger partial charge in [0.05, 0.1) is 19.9 Å². The largest absolute Gasteiger partial charge is 0.497 e. The second-order valence-corrected chi connectivity index (χ2v) is 9.75. The number of likely N-dealkylation sites (N-methyl/N-ethyl adjacent to an activating group) is 1. The molecule has 0 bridgehead atoms. The van der Waals surface area contributed by atoms with Crippen LogP contribution in [0.15, 0.2) is 54.6 Å². The molecule has 4 rings (SSSR count). The molecule has 2 amide bonds. The number of hydrogen-bond acceptors (Lipinski definition) is 8. The molecular weight excluding hydrogens is 515 g/mol. The van der Waals surface area contributed by atoms with Gasteiger partial charge < -0.3 is 29.1 Å². The van der Waals surface area contributed by atoms with Crippen LogP contribution in [-0.4, -0.2) is 111 Å². The van der Waals surface area contributed by atoms with E-state index in [1.807, 2.05) is 43.3 Å². The smallest absolute Gasteiger partial charge is 0.254 e. The predicted molar refractivity (Wildman–Crippen MR) is 150 cm³/mol. The van der Waals surface area contributed by atoms with Gasteiger partial charge >= 0.3 is 0 Å². The molecule has 1 aliphatic rings. The summed E-state index contributed by atoms with van der Waals surface area (Å²) in [6.07, 6.45) is 0. The number of carbonyl (C=O) groups excluding carboxylic acids is 2. The zero-order valence-corrected chi connectivity index (χ0v) is 23.3. The van der Waals surface area contributed by atoms with Gasteiger partial charge in [0.2, 0.25) is 5.91 Å². The summed E-state index contributed by atoms with van der Waals surface area (Å²) in [5, 5.41) is 8.83. The topological polar surface area (TPSA) is 91.3 Å². The van der Waals surface area contributed by atoms with Crippen molar-refractivity contribution < 1.29 is 23.5 Å². The van der Waals surface area contributed by atoms with Crippen LogP contribution < -0.4 is 14.4 Å². The number of halogens is 1. The van der Waals surface area contributed by atoms with Crippen LogP contribution >= 0.6 is 0 Å². The number of nitrogens with zero attached hydrogens (tertiary/aromatic N) is 6. The van der Waals surface area contributed by atoms with Crippen LogP contribution in [0.25, 0.3) is 11.3 Å². The molecule has 212 valence electrons. The minimum atomic E-state index is -0.412. The second kappa shape index (κ2) is 13.2. The highest BCUT2D eigenvalue weighted by molar-refractivity contribution is 5.96. The molecule has 11 heteroatoms. The van der Waals surface area contributed by atoms with E-state index in [2.05, 4.69) is 15.1 Å². The van der Waals surface area contributed by atoms with Gasteiger partial charge in [0.25, 0.3) is 5.91 Å². The van der Waals surface area contributed by atoms with E-state index in [1.54, 1.807) is 25.2 Å². The van der Waals surface area contributed by atoms with E-state index in [0.29, 0.717) is 62.0 Å². The normalized spacial score (nSPS) is 13.3. The highest BCUT2D eigenvalue weighted by atomic mass is 19.1. The molecule has 1 saturated heterocycles. The van der Waals surface area contributed by atoms with Crippen LogP contribution in [-0.2, 0) is 4.79 Å². The highest BCUT2D eigenvalue weighted by Gasteiger charge is 2.26. The van der Waals surface area contributed by atoms with E-state index in [1.165, 1.54) is 29.2 Å². The lowest BCUT2D eigenvalue weighted by atomic mass is 10.1. The fraction of sp³-hybridized carbons (Fsp3) is 0.379. The molecule has 0 saturated carbocycles. The first-order chi connectivity index (χ1) is 19.3. The Morgan fingerprint density at radius 1 is 0.900 bits per heavy atom. The number of benzene rings is 2. The average Bonchev–Trinajstić information content (AvgIpc) is 2.99. The standard InChI is InChI=1S/C29H35FN6O4/c1-33(2)13-14-36(29(38)21-5-7-22(30)8-6-21)20-28(37)35-17-15-34(16-18-35)27-12-11-25(31-32-27)24-10-9-23(39-3)19-26(24)40-4/h5-12,19H,13-18,20H2,1-4H3. The molecule has 3 aromatic rings. The summed E-state index contributed by atoms with van der Waals surface area (Å²) in [6.45, 7) is 3.13. The molecule has 2 heterocycles. The Labute approximate surface area is 233 Å². The summed E-state index contributed by atoms with van der Waals surface area (Å²) in [7, 11) is 7.02. The fourth-order valence-electron chi connectivity index (χ4n) is 4.44. The van der Waals surface area contributed by atoms with Gasteiger partial charge in [-0.15, -0.1) is 10.2 Å². The van der Waals surface area contributed by atoms with Crippen molar-refractivity contribution in [3.8, 4) is 22.8 Å². The van der Waals surface area contributed by atoms with Crippen molar-refractivity contribution in [2.45, 2.75) is 0 Å². The first-order valence-corrected chi connectivity index (χ1v) is 13.1. The minimum Gasteiger partial charge on any atom is -0.497 e. The van der Waals surface area contributed by atoms with Crippen LogP contribution in [0.1, 0.15) is 10.4 Å². The molecule has 0 aliphatic carbocycles. The maximum absolute atomic E-state index is 13.4. The van der Waals surface area contributed by atoms with E-state index in [4.69, 9.17) is 9.47 Å². The van der Waals surface area contributed by atoms with E-state index >= 15 is 0 Å². The lowest BCUT2D eigenvalue weighted by Gasteiger charge is -2.36. The SMILES string of the molecule is COc1ccc(-c2ccc(N3CCN(C(=O)CN(CCN(C)C)C(=O)c4ccc(F)cc4)CC3)nn2)c(OC)c1. The Bertz CT molecular complexity index is 1290. The zero-order valence-electron chi connectivity index (χ0n) is 23.3. The van der Waals surface area contributed by atoms with Crippen LogP contribution in [0.5, 0.6) is 11.5 Å². The first kappa shape index (κ1) is 28.8. The van der Waals surface area contributed by atoms with Gasteiger partial charge in [-0.2, -0.15) is 0 Å². The van der Waals surface area contributed by atoms with Crippen molar-refractivity contribution in [1.82, 2.24) is 24.9 Å². The minimum absolute atomic E-state index is 0.0394. The summed E-state index contributed by atoms with van der Waals surface area (Å²) in [4.78, 5) is 33.6. The molecule has 1 aromatic heterocycles. The number of amides is 2. The Hall–Kier alpha value is -4.25. The number of aromatic nitrogens is 2. The highest BCUT2D eigenvalue weighted by Crippen LogP contribution is 2.32. The molecule has 1 aliphatic heterocycles. The van der Waals surface area contributed by atoms with Gasteiger partial charge in [-0.25, -0.2) is 4.39 Å². The zero-order chi connectivity index (χ0) is 28.6. The number of methoxy groups -OCH3 is 2. The molecule has 0 N–H and O–H groups in total. The molecule has 1 fully saturated rings. The van der Waals surface area contributed by atoms with Crippen molar-refractivity contribution in [2.24, 2.45) is 0 Å². The molecule has 0 radical (unpaired) electrons. The Balaban J connectivity index is 1.37. The summed E-state index contributed by atoms with van der Waals surface area (Å²) >= 11 is 0. The van der Waals surface area contributed by atoms with Gasteiger partial charge in [-0.3, -0.25) is 9.59 Å². The number of carbonyl (C=O) groups is 2. The van der Waals surface area contributed by atoms with E-state index in [-0.39, 0.29) is 18.4 Å². The monoisotopic (exact) mass is 550 g/mol. The summed E-state index contributed by atoms with van der Waals surface area (Å²) in [5.74, 6) is 1.23. The van der Waals surface area contributed by atoms with E-state index in [0.717, 1.165) is 11.4 Å². The number of hydrogen-bond donors (Lipinski definition) is 0. The van der Waals surface area contributed by atoms with E-state index < -0.39 is 5.82 Å². The van der Waals surface area contributed by atoms with Crippen LogP contribution in [0.2, 0.25) is 0 Å². The maximum Gasteiger partial charge on any atom is 0.254 e. The average molecular weight is 551 g/mol. The number of anilines is 1. The summed E-state index contributed by atoms with van der Waals surface area (Å²) in [5.41, 5.74) is 1.85. The summed E-state index contributed by atoms with van der Waals surface area (Å²) < 4.78 is 24.1. The van der Waals surface area contributed by atoms with Crippen molar-refractivity contribution in [3.05, 3.63) is 66.0 Å². The molecule has 0 unspecified atom stereocenters. The Morgan fingerprint density at radius 2 is 1.62 bits per heavy atom. The third-order valence-corrected chi connectivity index (χ3v) is 6.81. The predicted octanol–water partition coefficient (Wildman–Crippen LogP) is 2.65. The quantitative estimate of drug-likeness (QED) is 0.381. The lowest BCUT2D eigenvalue weighted by molar-refractivity contribution is -0.132. The number of ether oxygens (including phenoxy) is 2. The molecule has 2 aromatic carbocycles. The molecule has 10 nitrogen and oxygen atoms in total. The molecule has 40 heavy (non-hydrogen) atoms. The first-order valence-electron chi connectivity index (χ1n) is 13.1. The second-order valence-electron chi connectivity index (χ2n) is 9.75. The van der Waals surface area contributed by atoms with Crippen molar-refractivity contribution in [2.75, 3.05) is 79.0 Å². The van der Waals surface area contributed by atoms with Crippen molar-refractivity contribution >= 4 is 17.6 Å². The van der Waals surface area contributed by atoms with Crippen LogP contribution in [0.4, 0.5) is 10.2 Å². The van der Waals surface area contributed by atoms with Gasteiger partial charge in [0, 0.05) is 56.5 Å². The molecule has 0 spiro atoms. The van der Waals surface area contributed by atoms with Gasteiger partial charge in [-0.1, -0.05) is 0 Å². The number of piperazine rings is 1. The summed E-state index contributed by atoms with van der Waals surface area (Å²) in [6, 6.07) is 14.7. The van der Waals surface area contributed by atoms with Crippen LogP contribution in [0, 0.1) is 5.82 Å². The molecule has 0 atom stereocenters. The van der Waals surface area contributed by atoms with Crippen molar-refractivity contribution in [1.29, 1.82) is 0 Å².